The summed E-state index contributed by atoms with van der Waals surface area (Å²) < 4.78 is 13.9. The third-order valence-electron chi connectivity index (χ3n) is 4.12. The average molecular weight is 329 g/mol. The molecule has 1 aromatic rings. The maximum Gasteiger partial charge on any atom is 0.137 e. The third kappa shape index (κ3) is 3.36. The Hall–Kier alpha value is -0.450. The molecule has 1 fully saturated rings. The van der Waals surface area contributed by atoms with Crippen LogP contribution in [0.4, 0.5) is 4.39 Å². The first-order valence-corrected chi connectivity index (χ1v) is 7.76. The molecule has 4 heteroatoms. The van der Waals surface area contributed by atoms with Crippen LogP contribution >= 0.6 is 15.9 Å². The normalized spacial score (nSPS) is 24.2. The van der Waals surface area contributed by atoms with E-state index in [1.165, 1.54) is 18.9 Å². The average Bonchev–Trinajstić information content (AvgIpc) is 2.41. The molecule has 2 nitrogen and oxygen atoms in total. The quantitative estimate of drug-likeness (QED) is 0.913. The van der Waals surface area contributed by atoms with E-state index in [4.69, 9.17) is 5.73 Å². The molecular formula is C15H22BrFN2. The number of benzene rings is 1. The van der Waals surface area contributed by atoms with E-state index >= 15 is 0 Å². The summed E-state index contributed by atoms with van der Waals surface area (Å²) in [4.78, 5) is 2.47. The molecule has 1 aromatic carbocycles. The summed E-state index contributed by atoms with van der Waals surface area (Å²) in [5.74, 6) is -0.210. The van der Waals surface area contributed by atoms with E-state index in [1.54, 1.807) is 0 Å². The van der Waals surface area contributed by atoms with Crippen molar-refractivity contribution in [2.45, 2.75) is 51.2 Å². The van der Waals surface area contributed by atoms with Crippen molar-refractivity contribution >= 4 is 15.9 Å². The number of hydrogen-bond donors (Lipinski definition) is 1. The smallest absolute Gasteiger partial charge is 0.137 e. The lowest BCUT2D eigenvalue weighted by molar-refractivity contribution is 0.0889. The Morgan fingerprint density at radius 2 is 2.11 bits per heavy atom. The summed E-state index contributed by atoms with van der Waals surface area (Å²) in [7, 11) is 0. The maximum absolute atomic E-state index is 13.3. The Kier molecular flexibility index (Phi) is 4.98. The maximum atomic E-state index is 13.3. The minimum absolute atomic E-state index is 0.173. The second-order valence-corrected chi connectivity index (χ2v) is 6.36. The molecule has 0 radical (unpaired) electrons. The van der Waals surface area contributed by atoms with Crippen molar-refractivity contribution in [2.75, 3.05) is 6.54 Å². The van der Waals surface area contributed by atoms with Gasteiger partial charge in [-0.05, 0) is 66.9 Å². The Labute approximate surface area is 123 Å². The predicted molar refractivity (Wildman–Crippen MR) is 80.5 cm³/mol. The summed E-state index contributed by atoms with van der Waals surface area (Å²) in [5, 5.41) is 0. The molecule has 1 heterocycles. The number of nitrogens with two attached hydrogens (primary N) is 1. The SMILES string of the molecule is CC(N)C1CCCCN1C(C)c1ccc(F)c(Br)c1. The highest BCUT2D eigenvalue weighted by Crippen LogP contribution is 2.31. The molecular weight excluding hydrogens is 307 g/mol. The number of nitrogens with zero attached hydrogens (tertiary/aromatic N) is 1. The van der Waals surface area contributed by atoms with E-state index < -0.39 is 0 Å². The van der Waals surface area contributed by atoms with E-state index in [0.717, 1.165) is 18.5 Å². The van der Waals surface area contributed by atoms with E-state index in [9.17, 15) is 4.39 Å². The van der Waals surface area contributed by atoms with E-state index in [2.05, 4.69) is 34.7 Å². The van der Waals surface area contributed by atoms with Crippen LogP contribution < -0.4 is 5.73 Å². The standard InChI is InChI=1S/C15H22BrFN2/c1-10(18)15-5-3-4-8-19(15)11(2)12-6-7-14(17)13(16)9-12/h6-7,9-11,15H,3-5,8,18H2,1-2H3. The highest BCUT2D eigenvalue weighted by atomic mass is 79.9. The molecule has 0 aliphatic carbocycles. The lowest BCUT2D eigenvalue weighted by atomic mass is 9.93. The van der Waals surface area contributed by atoms with Crippen LogP contribution in [0, 0.1) is 5.82 Å². The lowest BCUT2D eigenvalue weighted by Gasteiger charge is -2.42. The summed E-state index contributed by atoms with van der Waals surface area (Å²) in [6, 6.07) is 6.15. The second kappa shape index (κ2) is 6.33. The summed E-state index contributed by atoms with van der Waals surface area (Å²) in [6.45, 7) is 5.33. The topological polar surface area (TPSA) is 29.3 Å². The molecule has 3 atom stereocenters. The molecule has 0 saturated carbocycles. The van der Waals surface area contributed by atoms with Gasteiger partial charge in [0.25, 0.3) is 0 Å². The first-order valence-electron chi connectivity index (χ1n) is 6.97. The highest BCUT2D eigenvalue weighted by Gasteiger charge is 2.29. The lowest BCUT2D eigenvalue weighted by Crippen LogP contribution is -2.49. The molecule has 3 unspecified atom stereocenters. The van der Waals surface area contributed by atoms with Crippen LogP contribution in [0.5, 0.6) is 0 Å². The minimum Gasteiger partial charge on any atom is -0.327 e. The zero-order valence-electron chi connectivity index (χ0n) is 11.6. The van der Waals surface area contributed by atoms with Gasteiger partial charge in [0.2, 0.25) is 0 Å². The fraction of sp³-hybridized carbons (Fsp3) is 0.600. The van der Waals surface area contributed by atoms with Crippen molar-refractivity contribution in [1.82, 2.24) is 4.90 Å². The zero-order valence-corrected chi connectivity index (χ0v) is 13.2. The van der Waals surface area contributed by atoms with Crippen LogP contribution in [-0.4, -0.2) is 23.5 Å². The van der Waals surface area contributed by atoms with Crippen LogP contribution in [0.3, 0.4) is 0 Å². The Morgan fingerprint density at radius 3 is 2.74 bits per heavy atom. The number of halogens is 2. The molecule has 0 bridgehead atoms. The van der Waals surface area contributed by atoms with Gasteiger partial charge in [-0.25, -0.2) is 4.39 Å². The van der Waals surface area contributed by atoms with Crippen LogP contribution in [0.1, 0.15) is 44.7 Å². The van der Waals surface area contributed by atoms with E-state index in [-0.39, 0.29) is 17.9 Å². The monoisotopic (exact) mass is 328 g/mol. The van der Waals surface area contributed by atoms with Crippen molar-refractivity contribution in [2.24, 2.45) is 5.73 Å². The molecule has 19 heavy (non-hydrogen) atoms. The van der Waals surface area contributed by atoms with Gasteiger partial charge in [-0.1, -0.05) is 12.5 Å². The Morgan fingerprint density at radius 1 is 1.37 bits per heavy atom. The molecule has 0 spiro atoms. The van der Waals surface area contributed by atoms with Crippen molar-refractivity contribution < 1.29 is 4.39 Å². The molecule has 0 aromatic heterocycles. The van der Waals surface area contributed by atoms with E-state index in [0.29, 0.717) is 10.5 Å². The molecule has 106 valence electrons. The Balaban J connectivity index is 2.20. The van der Waals surface area contributed by atoms with Crippen molar-refractivity contribution in [1.29, 1.82) is 0 Å². The number of likely N-dealkylation sites (tertiary alicyclic amines) is 1. The molecule has 1 aliphatic heterocycles. The van der Waals surface area contributed by atoms with Gasteiger partial charge >= 0.3 is 0 Å². The number of hydrogen-bond acceptors (Lipinski definition) is 2. The fourth-order valence-corrected chi connectivity index (χ4v) is 3.39. The number of piperidine rings is 1. The van der Waals surface area contributed by atoms with Crippen molar-refractivity contribution in [3.05, 3.63) is 34.1 Å². The third-order valence-corrected chi connectivity index (χ3v) is 4.73. The van der Waals surface area contributed by atoms with Gasteiger partial charge < -0.3 is 5.73 Å². The first kappa shape index (κ1) is 14.9. The zero-order chi connectivity index (χ0) is 14.0. The first-order chi connectivity index (χ1) is 9.00. The molecule has 2 rings (SSSR count). The summed E-state index contributed by atoms with van der Waals surface area (Å²) in [6.07, 6.45) is 3.63. The second-order valence-electron chi connectivity index (χ2n) is 5.51. The van der Waals surface area contributed by atoms with Crippen LogP contribution in [0.25, 0.3) is 0 Å². The molecule has 0 amide bonds. The van der Waals surface area contributed by atoms with E-state index in [1.807, 2.05) is 12.1 Å². The van der Waals surface area contributed by atoms with Crippen LogP contribution in [0.2, 0.25) is 0 Å². The van der Waals surface area contributed by atoms with Crippen molar-refractivity contribution in [3.8, 4) is 0 Å². The summed E-state index contributed by atoms with van der Waals surface area (Å²) >= 11 is 3.26. The molecule has 1 aliphatic rings. The van der Waals surface area contributed by atoms with Crippen LogP contribution in [-0.2, 0) is 0 Å². The summed E-state index contributed by atoms with van der Waals surface area (Å²) in [5.41, 5.74) is 7.26. The number of rotatable bonds is 3. The largest absolute Gasteiger partial charge is 0.327 e. The van der Waals surface area contributed by atoms with Gasteiger partial charge in [-0.2, -0.15) is 0 Å². The minimum atomic E-state index is -0.210. The van der Waals surface area contributed by atoms with Gasteiger partial charge in [0, 0.05) is 18.1 Å². The van der Waals surface area contributed by atoms with Crippen molar-refractivity contribution in [3.63, 3.8) is 0 Å². The van der Waals surface area contributed by atoms with Gasteiger partial charge in [0.15, 0.2) is 0 Å². The predicted octanol–water partition coefficient (Wildman–Crippen LogP) is 3.85. The van der Waals surface area contributed by atoms with Gasteiger partial charge in [0.05, 0.1) is 4.47 Å². The Bertz CT molecular complexity index is 436. The fourth-order valence-electron chi connectivity index (χ4n) is 2.99. The molecule has 1 saturated heterocycles. The van der Waals surface area contributed by atoms with Gasteiger partial charge in [-0.3, -0.25) is 4.90 Å². The highest BCUT2D eigenvalue weighted by molar-refractivity contribution is 9.10. The van der Waals surface area contributed by atoms with Gasteiger partial charge in [-0.15, -0.1) is 0 Å². The van der Waals surface area contributed by atoms with Crippen LogP contribution in [0.15, 0.2) is 22.7 Å². The molecule has 2 N–H and O–H groups in total. The van der Waals surface area contributed by atoms with Gasteiger partial charge in [0.1, 0.15) is 5.82 Å².